The van der Waals surface area contributed by atoms with Gasteiger partial charge in [-0.15, -0.1) is 0 Å². The fourth-order valence-electron chi connectivity index (χ4n) is 1.79. The summed E-state index contributed by atoms with van der Waals surface area (Å²) in [5.41, 5.74) is 2.69. The summed E-state index contributed by atoms with van der Waals surface area (Å²) in [6.45, 7) is 14.1. The van der Waals surface area contributed by atoms with Crippen molar-refractivity contribution in [2.24, 2.45) is 0 Å². The molecule has 0 unspecified atom stereocenters. The molecule has 0 N–H and O–H groups in total. The molecule has 0 rings (SSSR count). The average Bonchev–Trinajstić information content (AvgIpc) is 1.88. The van der Waals surface area contributed by atoms with E-state index < -0.39 is 0 Å². The van der Waals surface area contributed by atoms with Crippen molar-refractivity contribution in [2.45, 2.75) is 58.5 Å². The van der Waals surface area contributed by atoms with Crippen molar-refractivity contribution in [2.75, 3.05) is 0 Å². The van der Waals surface area contributed by atoms with Crippen LogP contribution in [0.3, 0.4) is 0 Å². The Bertz CT molecular complexity index is 75.5. The Hall–Kier alpha value is 1.46. The van der Waals surface area contributed by atoms with Crippen LogP contribution >= 0.6 is 17.1 Å². The zero-order valence-corrected chi connectivity index (χ0v) is 12.7. The van der Waals surface area contributed by atoms with Crippen LogP contribution in [0.4, 0.5) is 0 Å². The van der Waals surface area contributed by atoms with Gasteiger partial charge in [-0.2, -0.15) is 0 Å². The molecular formula is C9H21AuClP. The van der Waals surface area contributed by atoms with Gasteiger partial charge in [0.2, 0.25) is 0 Å². The van der Waals surface area contributed by atoms with Gasteiger partial charge in [0.25, 0.3) is 0 Å². The van der Waals surface area contributed by atoms with Crippen molar-refractivity contribution in [1.29, 1.82) is 0 Å². The summed E-state index contributed by atoms with van der Waals surface area (Å²) >= 11 is 1.75. The Labute approximate surface area is 95.3 Å². The van der Waals surface area contributed by atoms with E-state index in [2.05, 4.69) is 50.7 Å². The summed E-state index contributed by atoms with van der Waals surface area (Å²) in [6, 6.07) is 0. The van der Waals surface area contributed by atoms with Gasteiger partial charge in [-0.1, -0.05) is 49.5 Å². The third-order valence-electron chi connectivity index (χ3n) is 1.79. The van der Waals surface area contributed by atoms with E-state index in [-0.39, 0.29) is 7.92 Å². The molecule has 0 aliphatic heterocycles. The van der Waals surface area contributed by atoms with Crippen LogP contribution in [0.5, 0.6) is 0 Å². The number of hydrogen-bond acceptors (Lipinski definition) is 0. The fourth-order valence-corrected chi connectivity index (χ4v) is 5.37. The molecule has 3 heteroatoms. The maximum absolute atomic E-state index is 4.58. The Balaban J connectivity index is 0. The molecule has 0 aliphatic rings. The standard InChI is InChI=1S/C9H21P.Au.ClH/c1-7(2)10(8(3)4)9(5)6;;/h7-9H,1-6H3;;1H/q;+1;/p-1. The van der Waals surface area contributed by atoms with Gasteiger partial charge in [-0.25, -0.2) is 0 Å². The molecule has 0 spiro atoms. The van der Waals surface area contributed by atoms with Crippen LogP contribution in [0.15, 0.2) is 0 Å². The molecule has 0 aromatic heterocycles. The number of rotatable bonds is 3. The van der Waals surface area contributed by atoms with Crippen molar-refractivity contribution in [3.8, 4) is 0 Å². The van der Waals surface area contributed by atoms with Crippen molar-refractivity contribution < 1.29 is 20.0 Å². The Kier molecular flexibility index (Phi) is 12.0. The van der Waals surface area contributed by atoms with Gasteiger partial charge in [0.15, 0.2) is 0 Å². The molecule has 0 atom stereocenters. The molecule has 12 heavy (non-hydrogen) atoms. The van der Waals surface area contributed by atoms with Crippen LogP contribution < -0.4 is 0 Å². The van der Waals surface area contributed by atoms with Crippen molar-refractivity contribution in [3.05, 3.63) is 0 Å². The van der Waals surface area contributed by atoms with Gasteiger partial charge in [-0.3, -0.25) is 0 Å². The van der Waals surface area contributed by atoms with Crippen LogP contribution in [-0.2, 0) is 20.0 Å². The molecular weight excluding hydrogens is 371 g/mol. The minimum absolute atomic E-state index is 0.262. The first-order chi connectivity index (χ1) is 5.46. The van der Waals surface area contributed by atoms with Gasteiger partial charge in [-0.05, 0) is 17.0 Å². The van der Waals surface area contributed by atoms with Crippen LogP contribution in [-0.4, -0.2) is 17.0 Å². The monoisotopic (exact) mass is 392 g/mol. The average molecular weight is 393 g/mol. The molecule has 0 nitrogen and oxygen atoms in total. The second kappa shape index (κ2) is 9.03. The Morgan fingerprint density at radius 1 is 0.750 bits per heavy atom. The normalized spacial score (nSPS) is 11.1. The molecule has 0 amide bonds. The van der Waals surface area contributed by atoms with Gasteiger partial charge >= 0.3 is 29.2 Å². The minimum atomic E-state index is 0.262. The second-order valence-corrected chi connectivity index (χ2v) is 7.72. The second-order valence-electron chi connectivity index (χ2n) is 3.73. The van der Waals surface area contributed by atoms with E-state index in [4.69, 9.17) is 0 Å². The summed E-state index contributed by atoms with van der Waals surface area (Å²) in [5, 5.41) is 0. The molecule has 0 saturated carbocycles. The van der Waals surface area contributed by atoms with E-state index in [1.54, 1.807) is 20.0 Å². The maximum atomic E-state index is 4.58. The SMILES string of the molecule is CC(C)P(C(C)C)C(C)C.[Cl][Au]. The zero-order valence-electron chi connectivity index (χ0n) is 8.86. The predicted octanol–water partition coefficient (Wildman–Crippen LogP) is 4.38. The van der Waals surface area contributed by atoms with Gasteiger partial charge in [0.05, 0.1) is 0 Å². The topological polar surface area (TPSA) is 0 Å². The molecule has 0 aliphatic carbocycles. The van der Waals surface area contributed by atoms with Crippen LogP contribution in [0.1, 0.15) is 41.5 Å². The molecule has 0 aromatic carbocycles. The van der Waals surface area contributed by atoms with Crippen LogP contribution in [0, 0.1) is 0 Å². The van der Waals surface area contributed by atoms with Crippen LogP contribution in [0.25, 0.3) is 0 Å². The molecule has 0 heterocycles. The van der Waals surface area contributed by atoms with E-state index in [1.807, 2.05) is 0 Å². The first-order valence-corrected chi connectivity index (χ1v) is 8.59. The first-order valence-electron chi connectivity index (χ1n) is 4.35. The Morgan fingerprint density at radius 3 is 0.917 bits per heavy atom. The van der Waals surface area contributed by atoms with E-state index in [0.29, 0.717) is 0 Å². The van der Waals surface area contributed by atoms with Crippen molar-refractivity contribution in [1.82, 2.24) is 0 Å². The third kappa shape index (κ3) is 6.92. The van der Waals surface area contributed by atoms with E-state index in [9.17, 15) is 0 Å². The quantitative estimate of drug-likeness (QED) is 0.494. The van der Waals surface area contributed by atoms with Crippen molar-refractivity contribution >= 4 is 17.1 Å². The number of halogens is 1. The van der Waals surface area contributed by atoms with E-state index in [0.717, 1.165) is 17.0 Å². The molecule has 0 aromatic rings. The summed E-state index contributed by atoms with van der Waals surface area (Å²) in [7, 11) is 4.85. The summed E-state index contributed by atoms with van der Waals surface area (Å²) < 4.78 is 0. The summed E-state index contributed by atoms with van der Waals surface area (Å²) in [5.74, 6) is 0. The van der Waals surface area contributed by atoms with Crippen molar-refractivity contribution in [3.63, 3.8) is 0 Å². The van der Waals surface area contributed by atoms with Gasteiger partial charge in [0, 0.05) is 0 Å². The van der Waals surface area contributed by atoms with E-state index in [1.165, 1.54) is 0 Å². The van der Waals surface area contributed by atoms with Gasteiger partial charge < -0.3 is 0 Å². The van der Waals surface area contributed by atoms with E-state index >= 15 is 0 Å². The molecule has 0 bridgehead atoms. The molecule has 80 valence electrons. The summed E-state index contributed by atoms with van der Waals surface area (Å²) in [6.07, 6.45) is 0. The Morgan fingerprint density at radius 2 is 0.917 bits per heavy atom. The fraction of sp³-hybridized carbons (Fsp3) is 1.00. The zero-order chi connectivity index (χ0) is 10.3. The molecule has 0 fully saturated rings. The van der Waals surface area contributed by atoms with Crippen LogP contribution in [0.2, 0.25) is 0 Å². The molecule has 0 saturated heterocycles. The first kappa shape index (κ1) is 15.9. The summed E-state index contributed by atoms with van der Waals surface area (Å²) in [4.78, 5) is 0. The third-order valence-corrected chi connectivity index (χ3v) is 5.37. The molecule has 0 radical (unpaired) electrons. The van der Waals surface area contributed by atoms with Gasteiger partial charge in [0.1, 0.15) is 0 Å². The predicted molar refractivity (Wildman–Crippen MR) is 58.2 cm³/mol. The number of hydrogen-bond donors (Lipinski definition) is 0.